The van der Waals surface area contributed by atoms with Crippen LogP contribution in [0, 0.1) is 0 Å². The van der Waals surface area contributed by atoms with Crippen molar-refractivity contribution in [2.75, 3.05) is 19.5 Å². The number of hydrogen-bond donors (Lipinski definition) is 1. The summed E-state index contributed by atoms with van der Waals surface area (Å²) in [7, 11) is 0. The van der Waals surface area contributed by atoms with Crippen LogP contribution in [0.4, 0.5) is 0 Å². The highest BCUT2D eigenvalue weighted by molar-refractivity contribution is 7.99. The summed E-state index contributed by atoms with van der Waals surface area (Å²) in [6, 6.07) is 1.37. The summed E-state index contributed by atoms with van der Waals surface area (Å²) in [6.07, 6.45) is 9.04. The van der Waals surface area contributed by atoms with E-state index in [9.17, 15) is 0 Å². The molecule has 0 amide bonds. The van der Waals surface area contributed by atoms with Gasteiger partial charge in [0.2, 0.25) is 0 Å². The zero-order chi connectivity index (χ0) is 9.80. The monoisotopic (exact) mass is 215 g/mol. The molecular formula is C11H21NOS. The average Bonchev–Trinajstić information content (AvgIpc) is 2.71. The predicted molar refractivity (Wildman–Crippen MR) is 61.9 cm³/mol. The highest BCUT2D eigenvalue weighted by Gasteiger charge is 2.27. The van der Waals surface area contributed by atoms with Crippen molar-refractivity contribution >= 4 is 11.8 Å². The van der Waals surface area contributed by atoms with Gasteiger partial charge < -0.3 is 10.1 Å². The zero-order valence-electron chi connectivity index (χ0n) is 9.00. The van der Waals surface area contributed by atoms with E-state index in [1.54, 1.807) is 0 Å². The molecule has 1 heterocycles. The average molecular weight is 215 g/mol. The number of nitrogens with one attached hydrogen (secondary N) is 1. The normalized spacial score (nSPS) is 38.8. The Morgan fingerprint density at radius 1 is 1.21 bits per heavy atom. The molecule has 2 rings (SSSR count). The second kappa shape index (κ2) is 5.38. The van der Waals surface area contributed by atoms with Crippen molar-refractivity contribution in [1.29, 1.82) is 0 Å². The third-order valence-corrected chi connectivity index (χ3v) is 4.55. The van der Waals surface area contributed by atoms with Crippen LogP contribution in [0.5, 0.6) is 0 Å². The Balaban J connectivity index is 1.81. The first kappa shape index (κ1) is 10.8. The molecule has 0 aromatic heterocycles. The molecule has 1 aliphatic carbocycles. The lowest BCUT2D eigenvalue weighted by atomic mass is 9.94. The minimum Gasteiger partial charge on any atom is -0.380 e. The van der Waals surface area contributed by atoms with Gasteiger partial charge in [-0.25, -0.2) is 0 Å². The number of ether oxygens (including phenoxy) is 1. The van der Waals surface area contributed by atoms with Crippen LogP contribution >= 0.6 is 11.8 Å². The summed E-state index contributed by atoms with van der Waals surface area (Å²) in [6.45, 7) is 1.88. The first-order valence-corrected chi connectivity index (χ1v) is 7.05. The van der Waals surface area contributed by atoms with Crippen LogP contribution in [0.15, 0.2) is 0 Å². The first-order valence-electron chi connectivity index (χ1n) is 5.76. The van der Waals surface area contributed by atoms with E-state index < -0.39 is 0 Å². The highest BCUT2D eigenvalue weighted by Crippen LogP contribution is 2.27. The molecule has 82 valence electrons. The molecule has 3 unspecified atom stereocenters. The van der Waals surface area contributed by atoms with Crippen LogP contribution in [0.25, 0.3) is 0 Å². The molecule has 0 bridgehead atoms. The largest absolute Gasteiger partial charge is 0.380 e. The van der Waals surface area contributed by atoms with Gasteiger partial charge in [0, 0.05) is 23.9 Å². The zero-order valence-corrected chi connectivity index (χ0v) is 9.81. The first-order chi connectivity index (χ1) is 6.90. The van der Waals surface area contributed by atoms with Gasteiger partial charge in [-0.3, -0.25) is 0 Å². The second-order valence-electron chi connectivity index (χ2n) is 4.39. The lowest BCUT2D eigenvalue weighted by Crippen LogP contribution is -2.46. The van der Waals surface area contributed by atoms with E-state index in [1.165, 1.54) is 32.1 Å². The molecule has 1 N–H and O–H groups in total. The van der Waals surface area contributed by atoms with Crippen LogP contribution in [0.2, 0.25) is 0 Å². The van der Waals surface area contributed by atoms with E-state index in [-0.39, 0.29) is 0 Å². The Kier molecular flexibility index (Phi) is 4.14. The topological polar surface area (TPSA) is 21.3 Å². The second-order valence-corrected chi connectivity index (χ2v) is 5.47. The van der Waals surface area contributed by atoms with E-state index in [0.29, 0.717) is 6.04 Å². The van der Waals surface area contributed by atoms with Crippen molar-refractivity contribution in [2.24, 2.45) is 0 Å². The molecule has 2 fully saturated rings. The Labute approximate surface area is 91.2 Å². The van der Waals surface area contributed by atoms with Crippen LogP contribution in [-0.2, 0) is 4.74 Å². The summed E-state index contributed by atoms with van der Waals surface area (Å²) < 4.78 is 5.40. The standard InChI is InChI=1S/C11H21NOS/c1-14-11-5-3-2-4-10(11)12-9-6-7-13-8-9/h9-12H,2-8H2,1H3. The molecule has 0 aromatic carbocycles. The SMILES string of the molecule is CSC1CCCCC1NC1CCOC1. The molecule has 3 atom stereocenters. The van der Waals surface area contributed by atoms with Crippen LogP contribution in [-0.4, -0.2) is 36.8 Å². The van der Waals surface area contributed by atoms with Gasteiger partial charge in [0.05, 0.1) is 6.61 Å². The fourth-order valence-electron chi connectivity index (χ4n) is 2.54. The number of hydrogen-bond acceptors (Lipinski definition) is 3. The number of rotatable bonds is 3. The van der Waals surface area contributed by atoms with Gasteiger partial charge in [0.15, 0.2) is 0 Å². The predicted octanol–water partition coefficient (Wildman–Crippen LogP) is 2.04. The molecule has 2 nitrogen and oxygen atoms in total. The summed E-state index contributed by atoms with van der Waals surface area (Å²) in [5, 5.41) is 4.61. The van der Waals surface area contributed by atoms with Gasteiger partial charge in [0.25, 0.3) is 0 Å². The summed E-state index contributed by atoms with van der Waals surface area (Å²) >= 11 is 2.03. The summed E-state index contributed by atoms with van der Waals surface area (Å²) in [5.74, 6) is 0. The molecular weight excluding hydrogens is 194 g/mol. The van der Waals surface area contributed by atoms with Gasteiger partial charge in [-0.05, 0) is 25.5 Å². The van der Waals surface area contributed by atoms with E-state index >= 15 is 0 Å². The van der Waals surface area contributed by atoms with Gasteiger partial charge >= 0.3 is 0 Å². The van der Waals surface area contributed by atoms with Gasteiger partial charge in [-0.1, -0.05) is 12.8 Å². The minimum absolute atomic E-state index is 0.632. The van der Waals surface area contributed by atoms with Crippen LogP contribution in [0.3, 0.4) is 0 Å². The third kappa shape index (κ3) is 2.65. The van der Waals surface area contributed by atoms with E-state index in [0.717, 1.165) is 24.5 Å². The summed E-state index contributed by atoms with van der Waals surface area (Å²) in [5.41, 5.74) is 0. The Bertz CT molecular complexity index is 171. The molecule has 3 heteroatoms. The van der Waals surface area contributed by atoms with Gasteiger partial charge in [-0.2, -0.15) is 11.8 Å². The molecule has 1 aliphatic heterocycles. The highest BCUT2D eigenvalue weighted by atomic mass is 32.2. The minimum atomic E-state index is 0.632. The maximum absolute atomic E-state index is 5.40. The third-order valence-electron chi connectivity index (χ3n) is 3.38. The Hall–Kier alpha value is 0.270. The van der Waals surface area contributed by atoms with Crippen molar-refractivity contribution in [3.63, 3.8) is 0 Å². The molecule has 0 spiro atoms. The van der Waals surface area contributed by atoms with Crippen molar-refractivity contribution in [3.8, 4) is 0 Å². The molecule has 0 aromatic rings. The van der Waals surface area contributed by atoms with Crippen molar-refractivity contribution < 1.29 is 4.74 Å². The Morgan fingerprint density at radius 3 is 2.79 bits per heavy atom. The van der Waals surface area contributed by atoms with Crippen molar-refractivity contribution in [3.05, 3.63) is 0 Å². The molecule has 0 radical (unpaired) electrons. The molecule has 1 saturated carbocycles. The fourth-order valence-corrected chi connectivity index (χ4v) is 3.48. The van der Waals surface area contributed by atoms with Crippen molar-refractivity contribution in [1.82, 2.24) is 5.32 Å². The molecule has 2 aliphatic rings. The summed E-state index contributed by atoms with van der Waals surface area (Å²) in [4.78, 5) is 0. The lowest BCUT2D eigenvalue weighted by molar-refractivity contribution is 0.186. The smallest absolute Gasteiger partial charge is 0.0620 e. The van der Waals surface area contributed by atoms with E-state index in [1.807, 2.05) is 11.8 Å². The van der Waals surface area contributed by atoms with E-state index in [4.69, 9.17) is 4.74 Å². The van der Waals surface area contributed by atoms with Crippen molar-refractivity contribution in [2.45, 2.75) is 49.4 Å². The van der Waals surface area contributed by atoms with Crippen LogP contribution < -0.4 is 5.32 Å². The molecule has 14 heavy (non-hydrogen) atoms. The number of thioether (sulfide) groups is 1. The van der Waals surface area contributed by atoms with Gasteiger partial charge in [-0.15, -0.1) is 0 Å². The maximum atomic E-state index is 5.40. The van der Waals surface area contributed by atoms with Crippen LogP contribution in [0.1, 0.15) is 32.1 Å². The van der Waals surface area contributed by atoms with E-state index in [2.05, 4.69) is 11.6 Å². The quantitative estimate of drug-likeness (QED) is 0.778. The maximum Gasteiger partial charge on any atom is 0.0620 e. The fraction of sp³-hybridized carbons (Fsp3) is 1.00. The Morgan fingerprint density at radius 2 is 2.07 bits per heavy atom. The lowest BCUT2D eigenvalue weighted by Gasteiger charge is -2.32. The van der Waals surface area contributed by atoms with Gasteiger partial charge in [0.1, 0.15) is 0 Å². The molecule has 1 saturated heterocycles.